The molecule has 0 aliphatic rings. The number of guanidine groups is 1. The Morgan fingerprint density at radius 2 is 2.03 bits per heavy atom. The number of benzene rings is 1. The third-order valence-electron chi connectivity index (χ3n) is 4.05. The highest BCUT2D eigenvalue weighted by atomic mass is 32.1. The zero-order chi connectivity index (χ0) is 20.7. The molecule has 0 spiro atoms. The minimum absolute atomic E-state index is 0.390. The van der Waals surface area contributed by atoms with Crippen molar-refractivity contribution in [1.29, 1.82) is 0 Å². The second kappa shape index (κ2) is 9.55. The Balaban J connectivity index is 1.46. The normalized spacial score (nSPS) is 12.2. The van der Waals surface area contributed by atoms with Gasteiger partial charge in [-0.3, -0.25) is 9.67 Å². The molecule has 0 saturated carbocycles. The van der Waals surface area contributed by atoms with E-state index in [9.17, 15) is 13.2 Å². The highest BCUT2D eigenvalue weighted by molar-refractivity contribution is 7.09. The van der Waals surface area contributed by atoms with Gasteiger partial charge in [-0.1, -0.05) is 24.3 Å². The number of nitrogens with zero attached hydrogens (tertiary/aromatic N) is 4. The molecule has 2 aromatic heterocycles. The van der Waals surface area contributed by atoms with E-state index in [-0.39, 0.29) is 0 Å². The molecule has 0 unspecified atom stereocenters. The molecule has 0 atom stereocenters. The first kappa shape index (κ1) is 20.8. The SMILES string of the molecule is CN=C(NCCc1nc(C(F)(F)F)cs1)NCc1cccc(Cn2cccn2)c1. The van der Waals surface area contributed by atoms with E-state index in [1.54, 1.807) is 13.2 Å². The van der Waals surface area contributed by atoms with E-state index < -0.39 is 11.9 Å². The number of hydrogen-bond acceptors (Lipinski definition) is 4. The molecule has 1 aromatic carbocycles. The van der Waals surface area contributed by atoms with Gasteiger partial charge in [0.1, 0.15) is 0 Å². The van der Waals surface area contributed by atoms with Crippen molar-refractivity contribution >= 4 is 17.3 Å². The highest BCUT2D eigenvalue weighted by Gasteiger charge is 2.33. The van der Waals surface area contributed by atoms with Crippen LogP contribution in [0, 0.1) is 0 Å². The molecule has 3 rings (SSSR count). The summed E-state index contributed by atoms with van der Waals surface area (Å²) in [6.07, 6.45) is -0.347. The minimum atomic E-state index is -4.40. The molecule has 10 heteroatoms. The van der Waals surface area contributed by atoms with Crippen molar-refractivity contribution in [2.75, 3.05) is 13.6 Å². The topological polar surface area (TPSA) is 67.1 Å². The summed E-state index contributed by atoms with van der Waals surface area (Å²) in [7, 11) is 1.65. The highest BCUT2D eigenvalue weighted by Crippen LogP contribution is 2.29. The van der Waals surface area contributed by atoms with Gasteiger partial charge in [0, 0.05) is 44.3 Å². The van der Waals surface area contributed by atoms with Crippen molar-refractivity contribution in [3.63, 3.8) is 0 Å². The average molecular weight is 422 g/mol. The average Bonchev–Trinajstić information content (AvgIpc) is 3.36. The molecule has 0 fully saturated rings. The molecule has 0 radical (unpaired) electrons. The molecule has 3 aromatic rings. The van der Waals surface area contributed by atoms with Crippen molar-refractivity contribution in [2.24, 2.45) is 4.99 Å². The van der Waals surface area contributed by atoms with Crippen molar-refractivity contribution in [3.8, 4) is 0 Å². The summed E-state index contributed by atoms with van der Waals surface area (Å²) in [6.45, 7) is 1.70. The molecule has 6 nitrogen and oxygen atoms in total. The Labute approximate surface area is 170 Å². The van der Waals surface area contributed by atoms with Gasteiger partial charge >= 0.3 is 6.18 Å². The zero-order valence-electron chi connectivity index (χ0n) is 15.8. The number of rotatable bonds is 7. The fourth-order valence-electron chi connectivity index (χ4n) is 2.67. The van der Waals surface area contributed by atoms with Crippen molar-refractivity contribution in [1.82, 2.24) is 25.4 Å². The Hall–Kier alpha value is -2.88. The predicted octanol–water partition coefficient (Wildman–Crippen LogP) is 3.31. The molecule has 2 heterocycles. The van der Waals surface area contributed by atoms with Crippen molar-refractivity contribution in [2.45, 2.75) is 25.7 Å². The van der Waals surface area contributed by atoms with Gasteiger partial charge in [-0.15, -0.1) is 11.3 Å². The summed E-state index contributed by atoms with van der Waals surface area (Å²) in [5.74, 6) is 0.579. The van der Waals surface area contributed by atoms with E-state index in [2.05, 4.69) is 31.8 Å². The number of thiazole rings is 1. The van der Waals surface area contributed by atoms with Gasteiger partial charge in [0.2, 0.25) is 0 Å². The zero-order valence-corrected chi connectivity index (χ0v) is 16.6. The van der Waals surface area contributed by atoms with Gasteiger partial charge < -0.3 is 10.6 Å². The molecule has 0 bridgehead atoms. The molecular formula is C19H21F3N6S. The molecule has 29 heavy (non-hydrogen) atoms. The number of aliphatic imine (C=N–C) groups is 1. The number of alkyl halides is 3. The first-order chi connectivity index (χ1) is 13.9. The lowest BCUT2D eigenvalue weighted by Crippen LogP contribution is -2.37. The molecule has 0 saturated heterocycles. The summed E-state index contributed by atoms with van der Waals surface area (Å²) in [6, 6.07) is 10.0. The first-order valence-electron chi connectivity index (χ1n) is 8.95. The van der Waals surface area contributed by atoms with Crippen molar-refractivity contribution < 1.29 is 13.2 Å². The molecule has 0 aliphatic heterocycles. The van der Waals surface area contributed by atoms with E-state index in [0.29, 0.717) is 37.0 Å². The molecule has 0 aliphatic carbocycles. The Kier molecular flexibility index (Phi) is 6.86. The number of hydrogen-bond donors (Lipinski definition) is 2. The molecule has 2 N–H and O–H groups in total. The summed E-state index contributed by atoms with van der Waals surface area (Å²) in [4.78, 5) is 7.77. The van der Waals surface area contributed by atoms with Gasteiger partial charge in [-0.05, 0) is 17.2 Å². The molecular weight excluding hydrogens is 401 g/mol. The number of aromatic nitrogens is 3. The van der Waals surface area contributed by atoms with Crippen molar-refractivity contribution in [3.05, 3.63) is 69.9 Å². The summed E-state index contributed by atoms with van der Waals surface area (Å²) in [5.41, 5.74) is 1.39. The van der Waals surface area contributed by atoms with Gasteiger partial charge in [0.15, 0.2) is 11.7 Å². The maximum Gasteiger partial charge on any atom is 0.434 e. The third kappa shape index (κ3) is 6.31. The van der Waals surface area contributed by atoms with E-state index >= 15 is 0 Å². The van der Waals surface area contributed by atoms with Crippen LogP contribution in [-0.4, -0.2) is 34.3 Å². The lowest BCUT2D eigenvalue weighted by atomic mass is 10.1. The van der Waals surface area contributed by atoms with E-state index in [1.807, 2.05) is 35.1 Å². The van der Waals surface area contributed by atoms with Crippen LogP contribution >= 0.6 is 11.3 Å². The Bertz CT molecular complexity index is 934. The van der Waals surface area contributed by atoms with Crippen LogP contribution < -0.4 is 10.6 Å². The van der Waals surface area contributed by atoms with Crippen LogP contribution in [-0.2, 0) is 25.7 Å². The number of nitrogens with one attached hydrogen (secondary N) is 2. The lowest BCUT2D eigenvalue weighted by molar-refractivity contribution is -0.140. The number of halogens is 3. The van der Waals surface area contributed by atoms with Crippen LogP contribution in [0.2, 0.25) is 0 Å². The van der Waals surface area contributed by atoms with Gasteiger partial charge in [0.05, 0.1) is 11.6 Å². The molecule has 0 amide bonds. The van der Waals surface area contributed by atoms with Crippen LogP contribution in [0.1, 0.15) is 21.8 Å². The lowest BCUT2D eigenvalue weighted by Gasteiger charge is -2.12. The van der Waals surface area contributed by atoms with Crippen LogP contribution in [0.25, 0.3) is 0 Å². The summed E-state index contributed by atoms with van der Waals surface area (Å²) in [5, 5.41) is 12.0. The van der Waals surface area contributed by atoms with Gasteiger partial charge in [0.25, 0.3) is 0 Å². The van der Waals surface area contributed by atoms with Crippen LogP contribution in [0.4, 0.5) is 13.2 Å². The van der Waals surface area contributed by atoms with Gasteiger partial charge in [-0.25, -0.2) is 4.98 Å². The van der Waals surface area contributed by atoms with Crippen LogP contribution in [0.5, 0.6) is 0 Å². The van der Waals surface area contributed by atoms with E-state index in [1.165, 1.54) is 0 Å². The summed E-state index contributed by atoms with van der Waals surface area (Å²) >= 11 is 1.01. The standard InChI is InChI=1S/C19H21F3N6S/c1-23-18(24-8-6-17-27-16(13-29-17)19(20,21)22)25-11-14-4-2-5-15(10-14)12-28-9-3-7-26-28/h2-5,7,9-10,13H,6,8,11-12H2,1H3,(H2,23,24,25). The smallest absolute Gasteiger partial charge is 0.356 e. The monoisotopic (exact) mass is 422 g/mol. The van der Waals surface area contributed by atoms with Crippen LogP contribution in [0.15, 0.2) is 53.1 Å². The minimum Gasteiger partial charge on any atom is -0.356 e. The van der Waals surface area contributed by atoms with Crippen LogP contribution in [0.3, 0.4) is 0 Å². The largest absolute Gasteiger partial charge is 0.434 e. The second-order valence-electron chi connectivity index (χ2n) is 6.25. The third-order valence-corrected chi connectivity index (χ3v) is 4.96. The first-order valence-corrected chi connectivity index (χ1v) is 9.83. The fraction of sp³-hybridized carbons (Fsp3) is 0.316. The summed E-state index contributed by atoms with van der Waals surface area (Å²) < 4.78 is 39.6. The fourth-order valence-corrected chi connectivity index (χ4v) is 3.47. The maximum absolute atomic E-state index is 12.6. The van der Waals surface area contributed by atoms with E-state index in [0.717, 1.165) is 27.8 Å². The molecule has 154 valence electrons. The second-order valence-corrected chi connectivity index (χ2v) is 7.19. The van der Waals surface area contributed by atoms with E-state index in [4.69, 9.17) is 0 Å². The Morgan fingerprint density at radius 1 is 1.21 bits per heavy atom. The predicted molar refractivity (Wildman–Crippen MR) is 107 cm³/mol. The Morgan fingerprint density at radius 3 is 2.72 bits per heavy atom. The quantitative estimate of drug-likeness (QED) is 0.453. The maximum atomic E-state index is 12.6. The van der Waals surface area contributed by atoms with Gasteiger partial charge in [-0.2, -0.15) is 18.3 Å².